The van der Waals surface area contributed by atoms with Crippen molar-refractivity contribution < 1.29 is 22.0 Å². The van der Waals surface area contributed by atoms with Crippen molar-refractivity contribution >= 4 is 32.6 Å². The van der Waals surface area contributed by atoms with E-state index < -0.39 is 26.6 Å². The largest absolute Gasteiger partial charge is 0.464 e. The molecule has 0 saturated heterocycles. The quantitative estimate of drug-likeness (QED) is 0.768. The fourth-order valence-corrected chi connectivity index (χ4v) is 2.72. The molecule has 3 aromatic rings. The molecule has 0 fully saturated rings. The van der Waals surface area contributed by atoms with Gasteiger partial charge in [0.25, 0.3) is 5.91 Å². The third-order valence-electron chi connectivity index (χ3n) is 3.21. The molecule has 3 rings (SSSR count). The Kier molecular flexibility index (Phi) is 3.63. The van der Waals surface area contributed by atoms with Gasteiger partial charge in [-0.05, 0) is 36.4 Å². The zero-order valence-electron chi connectivity index (χ0n) is 11.6. The van der Waals surface area contributed by atoms with E-state index in [1.54, 1.807) is 24.3 Å². The van der Waals surface area contributed by atoms with Gasteiger partial charge < -0.3 is 9.73 Å². The van der Waals surface area contributed by atoms with Crippen molar-refractivity contribution in [2.75, 3.05) is 5.32 Å². The van der Waals surface area contributed by atoms with E-state index in [9.17, 15) is 17.6 Å². The Bertz CT molecular complexity index is 1010. The SMILES string of the molecule is NS(=O)(=O)c1cc(F)cc(C(=O)Nc2cccc3occc23)c1. The molecule has 0 unspecified atom stereocenters. The van der Waals surface area contributed by atoms with Crippen LogP contribution in [0.4, 0.5) is 10.1 Å². The molecular formula is C15H11FN2O4S. The number of nitrogens with one attached hydrogen (secondary N) is 1. The van der Waals surface area contributed by atoms with E-state index in [1.165, 1.54) is 6.26 Å². The van der Waals surface area contributed by atoms with Gasteiger partial charge in [-0.25, -0.2) is 17.9 Å². The van der Waals surface area contributed by atoms with Crippen molar-refractivity contribution in [3.8, 4) is 0 Å². The van der Waals surface area contributed by atoms with E-state index in [-0.39, 0.29) is 5.56 Å². The highest BCUT2D eigenvalue weighted by molar-refractivity contribution is 7.89. The van der Waals surface area contributed by atoms with Crippen LogP contribution < -0.4 is 10.5 Å². The third kappa shape index (κ3) is 3.08. The molecule has 2 aromatic carbocycles. The minimum Gasteiger partial charge on any atom is -0.464 e. The highest BCUT2D eigenvalue weighted by atomic mass is 32.2. The zero-order chi connectivity index (χ0) is 16.6. The Morgan fingerprint density at radius 1 is 1.17 bits per heavy atom. The zero-order valence-corrected chi connectivity index (χ0v) is 12.4. The number of benzene rings is 2. The topological polar surface area (TPSA) is 102 Å². The summed E-state index contributed by atoms with van der Waals surface area (Å²) in [6.45, 7) is 0. The van der Waals surface area contributed by atoms with Crippen LogP contribution in [0.15, 0.2) is 58.0 Å². The second kappa shape index (κ2) is 5.49. The maximum absolute atomic E-state index is 13.5. The van der Waals surface area contributed by atoms with Crippen LogP contribution in [0.1, 0.15) is 10.4 Å². The first-order valence-electron chi connectivity index (χ1n) is 6.45. The molecule has 0 atom stereocenters. The van der Waals surface area contributed by atoms with E-state index in [4.69, 9.17) is 9.56 Å². The summed E-state index contributed by atoms with van der Waals surface area (Å²) in [5, 5.41) is 8.23. The molecule has 8 heteroatoms. The minimum atomic E-state index is -4.11. The molecule has 0 aliphatic heterocycles. The second-order valence-corrected chi connectivity index (χ2v) is 6.37. The van der Waals surface area contributed by atoms with Crippen molar-refractivity contribution in [3.63, 3.8) is 0 Å². The summed E-state index contributed by atoms with van der Waals surface area (Å²) in [6.07, 6.45) is 1.47. The normalized spacial score (nSPS) is 11.6. The van der Waals surface area contributed by atoms with Crippen molar-refractivity contribution in [1.29, 1.82) is 0 Å². The van der Waals surface area contributed by atoms with Crippen molar-refractivity contribution in [2.45, 2.75) is 4.90 Å². The smallest absolute Gasteiger partial charge is 0.255 e. The number of fused-ring (bicyclic) bond motifs is 1. The minimum absolute atomic E-state index is 0.158. The lowest BCUT2D eigenvalue weighted by atomic mass is 10.1. The lowest BCUT2D eigenvalue weighted by molar-refractivity contribution is 0.102. The number of sulfonamides is 1. The van der Waals surface area contributed by atoms with Gasteiger partial charge in [-0.2, -0.15) is 0 Å². The summed E-state index contributed by atoms with van der Waals surface area (Å²) >= 11 is 0. The van der Waals surface area contributed by atoms with Gasteiger partial charge in [0, 0.05) is 10.9 Å². The summed E-state index contributed by atoms with van der Waals surface area (Å²) in [5.74, 6) is -1.54. The number of furan rings is 1. The van der Waals surface area contributed by atoms with Crippen LogP contribution in [0, 0.1) is 5.82 Å². The molecule has 0 aliphatic rings. The average Bonchev–Trinajstić information content (AvgIpc) is 2.95. The number of hydrogen-bond acceptors (Lipinski definition) is 4. The monoisotopic (exact) mass is 334 g/mol. The summed E-state index contributed by atoms with van der Waals surface area (Å²) in [6, 6.07) is 9.43. The lowest BCUT2D eigenvalue weighted by Crippen LogP contribution is -2.16. The van der Waals surface area contributed by atoms with Crippen molar-refractivity contribution in [1.82, 2.24) is 0 Å². The second-order valence-electron chi connectivity index (χ2n) is 4.81. The van der Waals surface area contributed by atoms with Gasteiger partial charge >= 0.3 is 0 Å². The molecule has 1 amide bonds. The molecule has 0 bridgehead atoms. The van der Waals surface area contributed by atoms with Crippen molar-refractivity contribution in [3.05, 3.63) is 60.1 Å². The van der Waals surface area contributed by atoms with E-state index in [1.807, 2.05) is 0 Å². The molecule has 0 saturated carbocycles. The molecule has 0 spiro atoms. The van der Waals surface area contributed by atoms with Gasteiger partial charge in [0.05, 0.1) is 16.8 Å². The first kappa shape index (κ1) is 15.2. The van der Waals surface area contributed by atoms with Crippen LogP contribution in [0.3, 0.4) is 0 Å². The number of carbonyl (C=O) groups excluding carboxylic acids is 1. The van der Waals surface area contributed by atoms with Crippen LogP contribution in [0.25, 0.3) is 11.0 Å². The van der Waals surface area contributed by atoms with Gasteiger partial charge in [0.15, 0.2) is 0 Å². The maximum atomic E-state index is 13.5. The van der Waals surface area contributed by atoms with Gasteiger partial charge in [0.2, 0.25) is 10.0 Å². The van der Waals surface area contributed by atoms with Crippen molar-refractivity contribution in [2.24, 2.45) is 5.14 Å². The number of rotatable bonds is 3. The summed E-state index contributed by atoms with van der Waals surface area (Å²) in [4.78, 5) is 11.8. The van der Waals surface area contributed by atoms with Crippen LogP contribution >= 0.6 is 0 Å². The Balaban J connectivity index is 1.98. The predicted octanol–water partition coefficient (Wildman–Crippen LogP) is 2.47. The molecule has 23 heavy (non-hydrogen) atoms. The van der Waals surface area contributed by atoms with Crippen LogP contribution in [0.2, 0.25) is 0 Å². The fourth-order valence-electron chi connectivity index (χ4n) is 2.16. The lowest BCUT2D eigenvalue weighted by Gasteiger charge is -2.08. The number of hydrogen-bond donors (Lipinski definition) is 2. The first-order chi connectivity index (χ1) is 10.8. The number of primary sulfonamides is 1. The van der Waals surface area contributed by atoms with Gasteiger partial charge in [-0.3, -0.25) is 4.79 Å². The number of anilines is 1. The third-order valence-corrected chi connectivity index (χ3v) is 4.10. The summed E-state index contributed by atoms with van der Waals surface area (Å²) in [5.41, 5.74) is 0.879. The van der Waals surface area contributed by atoms with E-state index in [0.29, 0.717) is 16.7 Å². The average molecular weight is 334 g/mol. The molecule has 0 radical (unpaired) electrons. The van der Waals surface area contributed by atoms with Gasteiger partial charge in [-0.15, -0.1) is 0 Å². The number of halogens is 1. The molecule has 0 aliphatic carbocycles. The van der Waals surface area contributed by atoms with E-state index in [0.717, 1.165) is 18.2 Å². The van der Waals surface area contributed by atoms with Gasteiger partial charge in [-0.1, -0.05) is 6.07 Å². The molecular weight excluding hydrogens is 323 g/mol. The van der Waals surface area contributed by atoms with E-state index in [2.05, 4.69) is 5.32 Å². The highest BCUT2D eigenvalue weighted by Crippen LogP contribution is 2.25. The van der Waals surface area contributed by atoms with Gasteiger partial charge in [0.1, 0.15) is 11.4 Å². The van der Waals surface area contributed by atoms with Crippen LogP contribution in [0.5, 0.6) is 0 Å². The number of nitrogens with two attached hydrogens (primary N) is 1. The Morgan fingerprint density at radius 2 is 1.96 bits per heavy atom. The number of carbonyl (C=O) groups is 1. The molecule has 1 aromatic heterocycles. The number of amides is 1. The summed E-state index contributed by atoms with van der Waals surface area (Å²) in [7, 11) is -4.11. The highest BCUT2D eigenvalue weighted by Gasteiger charge is 2.16. The molecule has 3 N–H and O–H groups in total. The van der Waals surface area contributed by atoms with E-state index >= 15 is 0 Å². The Labute approximate surface area is 130 Å². The molecule has 118 valence electrons. The standard InChI is InChI=1S/C15H11FN2O4S/c16-10-6-9(7-11(8-10)23(17,20)21)15(19)18-13-2-1-3-14-12(13)4-5-22-14/h1-8H,(H,18,19)(H2,17,20,21). The molecule has 1 heterocycles. The Hall–Kier alpha value is -2.71. The predicted molar refractivity (Wildman–Crippen MR) is 81.9 cm³/mol. The molecule has 6 nitrogen and oxygen atoms in total. The Morgan fingerprint density at radius 3 is 2.70 bits per heavy atom. The maximum Gasteiger partial charge on any atom is 0.255 e. The summed E-state index contributed by atoms with van der Waals surface area (Å²) < 4.78 is 41.4. The first-order valence-corrected chi connectivity index (χ1v) is 8.00. The van der Waals surface area contributed by atoms with Crippen LogP contribution in [-0.4, -0.2) is 14.3 Å². The van der Waals surface area contributed by atoms with Crippen LogP contribution in [-0.2, 0) is 10.0 Å². The fraction of sp³-hybridized carbons (Fsp3) is 0.